The molecule has 0 heterocycles. The number of nitrogens with one attached hydrogen (secondary N) is 1. The minimum absolute atomic E-state index is 0.135. The highest BCUT2D eigenvalue weighted by atomic mass is 79.9. The van der Waals surface area contributed by atoms with Crippen molar-refractivity contribution in [2.45, 2.75) is 45.3 Å². The summed E-state index contributed by atoms with van der Waals surface area (Å²) in [5, 5.41) is 3.49. The molecule has 1 atom stereocenters. The number of hydrogen-bond acceptors (Lipinski definition) is 2. The van der Waals surface area contributed by atoms with Crippen LogP contribution in [0.15, 0.2) is 22.7 Å². The molecule has 0 amide bonds. The van der Waals surface area contributed by atoms with Crippen molar-refractivity contribution in [2.24, 2.45) is 0 Å². The molecule has 0 saturated heterocycles. The zero-order valence-corrected chi connectivity index (χ0v) is 13.7. The maximum Gasteiger partial charge on any atom is 0.137 e. The van der Waals surface area contributed by atoms with Gasteiger partial charge in [-0.1, -0.05) is 19.1 Å². The second kappa shape index (κ2) is 7.36. The molecular formula is C15H23BrFNO. The van der Waals surface area contributed by atoms with Crippen molar-refractivity contribution in [3.63, 3.8) is 0 Å². The topological polar surface area (TPSA) is 21.3 Å². The molecule has 1 aromatic rings. The summed E-state index contributed by atoms with van der Waals surface area (Å²) in [5.41, 5.74) is 0.653. The van der Waals surface area contributed by atoms with Crippen molar-refractivity contribution < 1.29 is 9.13 Å². The van der Waals surface area contributed by atoms with E-state index >= 15 is 0 Å². The van der Waals surface area contributed by atoms with Crippen LogP contribution in [0.3, 0.4) is 0 Å². The van der Waals surface area contributed by atoms with Crippen LogP contribution < -0.4 is 5.32 Å². The minimum atomic E-state index is -0.305. The predicted molar refractivity (Wildman–Crippen MR) is 81.0 cm³/mol. The molecular weight excluding hydrogens is 309 g/mol. The van der Waals surface area contributed by atoms with Gasteiger partial charge in [0.05, 0.1) is 10.1 Å². The molecule has 108 valence electrons. The summed E-state index contributed by atoms with van der Waals surface area (Å²) in [6.45, 7) is 7.15. The molecule has 19 heavy (non-hydrogen) atoms. The van der Waals surface area contributed by atoms with E-state index in [1.165, 1.54) is 6.07 Å². The number of hydrogen-bond donors (Lipinski definition) is 1. The van der Waals surface area contributed by atoms with E-state index in [2.05, 4.69) is 28.2 Å². The summed E-state index contributed by atoms with van der Waals surface area (Å²) in [5.74, 6) is -0.220. The third kappa shape index (κ3) is 4.55. The third-order valence-corrected chi connectivity index (χ3v) is 4.35. The minimum Gasteiger partial charge on any atom is -0.377 e. The first-order valence-corrected chi connectivity index (χ1v) is 7.43. The molecule has 2 nitrogen and oxygen atoms in total. The van der Waals surface area contributed by atoms with Gasteiger partial charge in [-0.15, -0.1) is 0 Å². The summed E-state index contributed by atoms with van der Waals surface area (Å²) < 4.78 is 19.7. The first-order chi connectivity index (χ1) is 8.92. The number of benzene rings is 1. The molecule has 1 aromatic carbocycles. The molecule has 4 heteroatoms. The molecule has 0 spiro atoms. The summed E-state index contributed by atoms with van der Waals surface area (Å²) in [4.78, 5) is 0. The van der Waals surface area contributed by atoms with Gasteiger partial charge in [-0.25, -0.2) is 4.39 Å². The monoisotopic (exact) mass is 331 g/mol. The van der Waals surface area contributed by atoms with Crippen LogP contribution in [0.25, 0.3) is 0 Å². The van der Waals surface area contributed by atoms with Gasteiger partial charge in [0.25, 0.3) is 0 Å². The Morgan fingerprint density at radius 2 is 2.11 bits per heavy atom. The quantitative estimate of drug-likeness (QED) is 0.817. The molecule has 1 unspecified atom stereocenters. The molecule has 0 saturated carbocycles. The molecule has 0 radical (unpaired) electrons. The number of halogens is 2. The maximum atomic E-state index is 13.6. The number of methoxy groups -OCH3 is 1. The maximum absolute atomic E-state index is 13.6. The summed E-state index contributed by atoms with van der Waals surface area (Å²) in [6.07, 6.45) is 1.78. The highest BCUT2D eigenvalue weighted by Gasteiger charge is 2.29. The number of rotatable bonds is 7. The predicted octanol–water partition coefficient (Wildman–Crippen LogP) is 3.92. The van der Waals surface area contributed by atoms with Crippen LogP contribution in [0.2, 0.25) is 0 Å². The van der Waals surface area contributed by atoms with Crippen molar-refractivity contribution in [1.82, 2.24) is 5.32 Å². The normalized spacial score (nSPS) is 13.6. The van der Waals surface area contributed by atoms with Gasteiger partial charge in [0.2, 0.25) is 0 Å². The van der Waals surface area contributed by atoms with Crippen LogP contribution in [0, 0.1) is 5.82 Å². The van der Waals surface area contributed by atoms with Crippen molar-refractivity contribution in [2.75, 3.05) is 13.7 Å². The van der Waals surface area contributed by atoms with Gasteiger partial charge in [-0.05, 0) is 60.8 Å². The fourth-order valence-electron chi connectivity index (χ4n) is 1.95. The zero-order chi connectivity index (χ0) is 14.5. The van der Waals surface area contributed by atoms with Crippen LogP contribution in [-0.4, -0.2) is 25.3 Å². The Morgan fingerprint density at radius 1 is 1.42 bits per heavy atom. The molecule has 1 N–H and O–H groups in total. The van der Waals surface area contributed by atoms with E-state index in [0.717, 1.165) is 24.9 Å². The smallest absolute Gasteiger partial charge is 0.137 e. The second-order valence-corrected chi connectivity index (χ2v) is 6.02. The van der Waals surface area contributed by atoms with Crippen LogP contribution in [0.1, 0.15) is 32.8 Å². The average Bonchev–Trinajstić information content (AvgIpc) is 2.39. The highest BCUT2D eigenvalue weighted by molar-refractivity contribution is 9.10. The standard InChI is InChI=1S/C15H23BrFNO/c1-5-9-18-13(15(2,3)19-4)10-11-7-6-8-12(17)14(11)16/h6-8,13,18H,5,9-10H2,1-4H3. The zero-order valence-electron chi connectivity index (χ0n) is 12.1. The van der Waals surface area contributed by atoms with Crippen LogP contribution >= 0.6 is 15.9 Å². The van der Waals surface area contributed by atoms with Crippen molar-refractivity contribution in [3.8, 4) is 0 Å². The second-order valence-electron chi connectivity index (χ2n) is 5.23. The molecule has 0 aliphatic carbocycles. The van der Waals surface area contributed by atoms with Gasteiger partial charge >= 0.3 is 0 Å². The Hall–Kier alpha value is -0.450. The van der Waals surface area contributed by atoms with Gasteiger partial charge in [0, 0.05) is 13.2 Å². The lowest BCUT2D eigenvalue weighted by Crippen LogP contribution is -2.49. The lowest BCUT2D eigenvalue weighted by Gasteiger charge is -2.34. The average molecular weight is 332 g/mol. The molecule has 0 aromatic heterocycles. The Labute approximate surface area is 123 Å². The van der Waals surface area contributed by atoms with E-state index in [0.29, 0.717) is 4.47 Å². The fraction of sp³-hybridized carbons (Fsp3) is 0.600. The van der Waals surface area contributed by atoms with E-state index in [9.17, 15) is 4.39 Å². The molecule has 0 aliphatic heterocycles. The van der Waals surface area contributed by atoms with Gasteiger partial charge in [0.15, 0.2) is 0 Å². The van der Waals surface area contributed by atoms with Crippen LogP contribution in [-0.2, 0) is 11.2 Å². The highest BCUT2D eigenvalue weighted by Crippen LogP contribution is 2.25. The van der Waals surface area contributed by atoms with E-state index in [-0.39, 0.29) is 17.5 Å². The van der Waals surface area contributed by atoms with Gasteiger partial charge < -0.3 is 10.1 Å². The van der Waals surface area contributed by atoms with E-state index in [4.69, 9.17) is 4.74 Å². The number of ether oxygens (including phenoxy) is 1. The SMILES string of the molecule is CCCNC(Cc1cccc(F)c1Br)C(C)(C)OC. The summed E-state index contributed by atoms with van der Waals surface area (Å²) in [6, 6.07) is 5.28. The van der Waals surface area contributed by atoms with E-state index in [1.54, 1.807) is 13.2 Å². The molecule has 0 aliphatic rings. The van der Waals surface area contributed by atoms with E-state index in [1.807, 2.05) is 19.9 Å². The van der Waals surface area contributed by atoms with E-state index < -0.39 is 0 Å². The Balaban J connectivity index is 2.91. The summed E-state index contributed by atoms with van der Waals surface area (Å²) >= 11 is 3.32. The summed E-state index contributed by atoms with van der Waals surface area (Å²) in [7, 11) is 1.71. The Bertz CT molecular complexity index is 409. The Kier molecular flexibility index (Phi) is 6.43. The van der Waals surface area contributed by atoms with Gasteiger partial charge in [0.1, 0.15) is 5.82 Å². The van der Waals surface area contributed by atoms with Crippen molar-refractivity contribution in [1.29, 1.82) is 0 Å². The lowest BCUT2D eigenvalue weighted by molar-refractivity contribution is -0.0100. The molecule has 0 fully saturated rings. The largest absolute Gasteiger partial charge is 0.377 e. The van der Waals surface area contributed by atoms with Crippen molar-refractivity contribution in [3.05, 3.63) is 34.1 Å². The third-order valence-electron chi connectivity index (χ3n) is 3.46. The molecule has 0 bridgehead atoms. The van der Waals surface area contributed by atoms with Crippen LogP contribution in [0.5, 0.6) is 0 Å². The molecule has 1 rings (SSSR count). The van der Waals surface area contributed by atoms with Crippen LogP contribution in [0.4, 0.5) is 4.39 Å². The Morgan fingerprint density at radius 3 is 2.68 bits per heavy atom. The first-order valence-electron chi connectivity index (χ1n) is 6.63. The van der Waals surface area contributed by atoms with Gasteiger partial charge in [-0.3, -0.25) is 0 Å². The fourth-order valence-corrected chi connectivity index (χ4v) is 2.38. The lowest BCUT2D eigenvalue weighted by atomic mass is 9.92. The van der Waals surface area contributed by atoms with Crippen molar-refractivity contribution >= 4 is 15.9 Å². The first kappa shape index (κ1) is 16.6. The van der Waals surface area contributed by atoms with Gasteiger partial charge in [-0.2, -0.15) is 0 Å².